The lowest BCUT2D eigenvalue weighted by Gasteiger charge is -2.44. The molecule has 2 aliphatic rings. The lowest BCUT2D eigenvalue weighted by molar-refractivity contribution is -0.385. The molecule has 2 fully saturated rings. The minimum absolute atomic E-state index is 0.0129. The Morgan fingerprint density at radius 2 is 1.83 bits per heavy atom. The number of benzene rings is 2. The lowest BCUT2D eigenvalue weighted by atomic mass is 9.94. The molecule has 2 aliphatic heterocycles. The van der Waals surface area contributed by atoms with Crippen molar-refractivity contribution in [2.75, 3.05) is 25.1 Å². The van der Waals surface area contributed by atoms with Gasteiger partial charge in [-0.1, -0.05) is 48.5 Å². The van der Waals surface area contributed by atoms with Crippen molar-refractivity contribution in [1.82, 2.24) is 15.1 Å². The number of hydrogen-bond donors (Lipinski definition) is 1. The quantitative estimate of drug-likeness (QED) is 0.421. The summed E-state index contributed by atoms with van der Waals surface area (Å²) in [5, 5.41) is 15.2. The minimum atomic E-state index is -0.597. The highest BCUT2D eigenvalue weighted by Gasteiger charge is 2.51. The lowest BCUT2D eigenvalue weighted by Crippen LogP contribution is -2.59. The summed E-state index contributed by atoms with van der Waals surface area (Å²) in [5.41, 5.74) is 1.10. The normalized spacial score (nSPS) is 19.3. The molecule has 1 atom stereocenters. The molecule has 2 heterocycles. The molecule has 8 nitrogen and oxygen atoms in total. The van der Waals surface area contributed by atoms with Crippen molar-refractivity contribution in [3.8, 4) is 0 Å². The predicted molar refractivity (Wildman–Crippen MR) is 137 cm³/mol. The molecule has 35 heavy (non-hydrogen) atoms. The second-order valence-corrected chi connectivity index (χ2v) is 10.2. The summed E-state index contributed by atoms with van der Waals surface area (Å²) in [7, 11) is 0. The van der Waals surface area contributed by atoms with Crippen molar-refractivity contribution < 1.29 is 14.5 Å². The number of nitrogens with one attached hydrogen (secondary N) is 1. The first-order valence-corrected chi connectivity index (χ1v) is 13.4. The van der Waals surface area contributed by atoms with Gasteiger partial charge in [-0.25, -0.2) is 0 Å². The molecular formula is C26H32N4O4S. The number of rotatable bonds is 9. The maximum Gasteiger partial charge on any atom is 0.274 e. The number of aryl methyl sites for hydroxylation is 1. The summed E-state index contributed by atoms with van der Waals surface area (Å²) in [4.78, 5) is 41.2. The van der Waals surface area contributed by atoms with Gasteiger partial charge < -0.3 is 9.80 Å². The highest BCUT2D eigenvalue weighted by atomic mass is 32.2. The zero-order chi connectivity index (χ0) is 24.8. The fourth-order valence-electron chi connectivity index (χ4n) is 5.11. The number of carbonyl (C=O) groups is 2. The Kier molecular flexibility index (Phi) is 8.07. The van der Waals surface area contributed by atoms with Gasteiger partial charge in [-0.05, 0) is 30.4 Å². The van der Waals surface area contributed by atoms with Crippen LogP contribution in [0.2, 0.25) is 0 Å². The smallest absolute Gasteiger partial charge is 0.274 e. The van der Waals surface area contributed by atoms with Crippen molar-refractivity contribution in [1.29, 1.82) is 0 Å². The van der Waals surface area contributed by atoms with Gasteiger partial charge in [0.15, 0.2) is 0 Å². The molecular weight excluding hydrogens is 464 g/mol. The first-order valence-electron chi connectivity index (χ1n) is 12.1. The van der Waals surface area contributed by atoms with Crippen LogP contribution in [0, 0.1) is 10.1 Å². The molecule has 2 aromatic rings. The highest BCUT2D eigenvalue weighted by Crippen LogP contribution is 2.36. The third-order valence-electron chi connectivity index (χ3n) is 7.06. The number of likely N-dealkylation sites (tertiary alicyclic amines) is 1. The van der Waals surface area contributed by atoms with Crippen LogP contribution < -0.4 is 5.32 Å². The summed E-state index contributed by atoms with van der Waals surface area (Å²) >= 11 is 1.69. The summed E-state index contributed by atoms with van der Waals surface area (Å²) in [6.45, 7) is 1.29. The number of thioether (sulfide) groups is 1. The largest absolute Gasteiger partial charge is 0.342 e. The SMILES string of the molecule is CSCCC1NC2(CCN(C(=O)CCc3ccccc3)CC2)N(Cc2ccccc2[N+](=O)[O-])C1=O. The summed E-state index contributed by atoms with van der Waals surface area (Å²) < 4.78 is 0. The molecule has 1 unspecified atom stereocenters. The predicted octanol–water partition coefficient (Wildman–Crippen LogP) is 3.60. The summed E-state index contributed by atoms with van der Waals surface area (Å²) in [5.74, 6) is 0.960. The van der Waals surface area contributed by atoms with Crippen LogP contribution in [0.15, 0.2) is 54.6 Å². The number of piperidine rings is 1. The minimum Gasteiger partial charge on any atom is -0.342 e. The van der Waals surface area contributed by atoms with Crippen molar-refractivity contribution in [3.63, 3.8) is 0 Å². The molecule has 1 N–H and O–H groups in total. The van der Waals surface area contributed by atoms with Crippen molar-refractivity contribution in [2.24, 2.45) is 0 Å². The highest BCUT2D eigenvalue weighted by molar-refractivity contribution is 7.98. The number of hydrogen-bond acceptors (Lipinski definition) is 6. The van der Waals surface area contributed by atoms with E-state index in [9.17, 15) is 19.7 Å². The average molecular weight is 497 g/mol. The molecule has 0 saturated carbocycles. The molecule has 2 saturated heterocycles. The van der Waals surface area contributed by atoms with E-state index >= 15 is 0 Å². The van der Waals surface area contributed by atoms with Crippen LogP contribution in [-0.4, -0.2) is 63.3 Å². The van der Waals surface area contributed by atoms with Gasteiger partial charge in [0.05, 0.1) is 23.2 Å². The average Bonchev–Trinajstić information content (AvgIpc) is 3.12. The van der Waals surface area contributed by atoms with Gasteiger partial charge in [-0.15, -0.1) is 0 Å². The van der Waals surface area contributed by atoms with Gasteiger partial charge in [0.25, 0.3) is 5.69 Å². The second-order valence-electron chi connectivity index (χ2n) is 9.19. The standard InChI is InChI=1S/C26H32N4O4S/c1-35-18-13-22-25(32)29(19-21-9-5-6-10-23(21)30(33)34)26(27-22)14-16-28(17-15-26)24(31)12-11-20-7-3-2-4-8-20/h2-10,22,27H,11-19H2,1H3. The van der Waals surface area contributed by atoms with E-state index in [1.54, 1.807) is 34.9 Å². The van der Waals surface area contributed by atoms with Crippen LogP contribution in [0.1, 0.15) is 36.8 Å². The van der Waals surface area contributed by atoms with Crippen LogP contribution in [0.4, 0.5) is 5.69 Å². The molecule has 2 aromatic carbocycles. The maximum absolute atomic E-state index is 13.4. The van der Waals surface area contributed by atoms with Gasteiger partial charge in [0.2, 0.25) is 11.8 Å². The second kappa shape index (κ2) is 11.2. The zero-order valence-corrected chi connectivity index (χ0v) is 20.8. The number of nitro benzene ring substituents is 1. The van der Waals surface area contributed by atoms with E-state index in [0.29, 0.717) is 50.8 Å². The van der Waals surface area contributed by atoms with Gasteiger partial charge in [-0.3, -0.25) is 25.0 Å². The summed E-state index contributed by atoms with van der Waals surface area (Å²) in [6, 6.07) is 16.3. The molecule has 4 rings (SSSR count). The Labute approximate surface area is 210 Å². The molecule has 0 aliphatic carbocycles. The van der Waals surface area contributed by atoms with Crippen LogP contribution in [0.5, 0.6) is 0 Å². The van der Waals surface area contributed by atoms with E-state index in [4.69, 9.17) is 0 Å². The van der Waals surface area contributed by atoms with Gasteiger partial charge in [-0.2, -0.15) is 11.8 Å². The Hall–Kier alpha value is -2.91. The Morgan fingerprint density at radius 1 is 1.14 bits per heavy atom. The monoisotopic (exact) mass is 496 g/mol. The van der Waals surface area contributed by atoms with Crippen LogP contribution in [0.25, 0.3) is 0 Å². The van der Waals surface area contributed by atoms with E-state index in [1.807, 2.05) is 41.5 Å². The molecule has 0 radical (unpaired) electrons. The van der Waals surface area contributed by atoms with Crippen molar-refractivity contribution >= 4 is 29.3 Å². The van der Waals surface area contributed by atoms with E-state index < -0.39 is 10.6 Å². The van der Waals surface area contributed by atoms with Crippen LogP contribution >= 0.6 is 11.8 Å². The molecule has 1 spiro atoms. The van der Waals surface area contributed by atoms with E-state index in [0.717, 1.165) is 11.3 Å². The number of nitro groups is 1. The Morgan fingerprint density at radius 3 is 2.51 bits per heavy atom. The maximum atomic E-state index is 13.4. The number of nitrogens with zero attached hydrogens (tertiary/aromatic N) is 3. The zero-order valence-electron chi connectivity index (χ0n) is 20.0. The molecule has 0 bridgehead atoms. The fraction of sp³-hybridized carbons (Fsp3) is 0.462. The third-order valence-corrected chi connectivity index (χ3v) is 7.71. The number of para-hydroxylation sites is 1. The van der Waals surface area contributed by atoms with Crippen molar-refractivity contribution in [2.45, 2.75) is 50.4 Å². The van der Waals surface area contributed by atoms with E-state index in [-0.39, 0.29) is 30.1 Å². The van der Waals surface area contributed by atoms with Crippen LogP contribution in [-0.2, 0) is 22.6 Å². The van der Waals surface area contributed by atoms with E-state index in [1.165, 1.54) is 6.07 Å². The first-order chi connectivity index (χ1) is 16.9. The molecule has 9 heteroatoms. The van der Waals surface area contributed by atoms with Gasteiger partial charge in [0, 0.05) is 44.0 Å². The van der Waals surface area contributed by atoms with Gasteiger partial charge >= 0.3 is 0 Å². The van der Waals surface area contributed by atoms with Crippen LogP contribution in [0.3, 0.4) is 0 Å². The Bertz CT molecular complexity index is 1060. The molecule has 0 aromatic heterocycles. The Balaban J connectivity index is 1.47. The molecule has 2 amide bonds. The third kappa shape index (κ3) is 5.67. The number of carbonyl (C=O) groups excluding carboxylic acids is 2. The van der Waals surface area contributed by atoms with Crippen molar-refractivity contribution in [3.05, 3.63) is 75.8 Å². The van der Waals surface area contributed by atoms with Gasteiger partial charge in [0.1, 0.15) is 0 Å². The first kappa shape index (κ1) is 25.2. The fourth-order valence-corrected chi connectivity index (χ4v) is 5.58. The topological polar surface area (TPSA) is 95.8 Å². The number of amides is 2. The van der Waals surface area contributed by atoms with E-state index in [2.05, 4.69) is 5.32 Å². The molecule has 186 valence electrons. The summed E-state index contributed by atoms with van der Waals surface area (Å²) in [6.07, 6.45) is 5.09.